The Morgan fingerprint density at radius 1 is 1.11 bits per heavy atom. The summed E-state index contributed by atoms with van der Waals surface area (Å²) in [5.41, 5.74) is 11.2. The predicted octanol–water partition coefficient (Wildman–Crippen LogP) is 4.04. The van der Waals surface area contributed by atoms with Crippen molar-refractivity contribution < 1.29 is 4.74 Å². The Hall–Kier alpha value is -1.32. The number of ether oxygens (including phenoxy) is 1. The molecule has 19 heavy (non-hydrogen) atoms. The van der Waals surface area contributed by atoms with E-state index in [1.807, 2.05) is 0 Å². The first-order chi connectivity index (χ1) is 8.95. The van der Waals surface area contributed by atoms with Gasteiger partial charge in [0.2, 0.25) is 0 Å². The maximum atomic E-state index is 6.42. The molecule has 102 valence electrons. The van der Waals surface area contributed by atoms with Crippen LogP contribution in [0.3, 0.4) is 0 Å². The Morgan fingerprint density at radius 2 is 1.79 bits per heavy atom. The molecule has 1 aromatic carbocycles. The van der Waals surface area contributed by atoms with Crippen LogP contribution in [0.4, 0.5) is 0 Å². The lowest BCUT2D eigenvalue weighted by Crippen LogP contribution is -2.12. The lowest BCUT2D eigenvalue weighted by Gasteiger charge is -2.17. The molecule has 0 aliphatic carbocycles. The first kappa shape index (κ1) is 14.1. The molecule has 0 saturated carbocycles. The smallest absolute Gasteiger partial charge is 0.127 e. The highest BCUT2D eigenvalue weighted by atomic mass is 32.1. The SMILES string of the molecule is COc1c(C(N)c2cc(C)c(C)s2)ccc(C)c1C. The molecule has 0 saturated heterocycles. The van der Waals surface area contributed by atoms with Crippen LogP contribution in [0.25, 0.3) is 0 Å². The minimum absolute atomic E-state index is 0.119. The van der Waals surface area contributed by atoms with Gasteiger partial charge in [0.1, 0.15) is 5.75 Å². The zero-order chi connectivity index (χ0) is 14.2. The van der Waals surface area contributed by atoms with E-state index in [2.05, 4.69) is 45.9 Å². The highest BCUT2D eigenvalue weighted by Gasteiger charge is 2.18. The molecule has 2 rings (SSSR count). The van der Waals surface area contributed by atoms with Crippen LogP contribution >= 0.6 is 11.3 Å². The Labute approximate surface area is 119 Å². The molecule has 2 N–H and O–H groups in total. The van der Waals surface area contributed by atoms with Gasteiger partial charge in [-0.05, 0) is 50.5 Å². The Balaban J connectivity index is 2.49. The van der Waals surface area contributed by atoms with E-state index in [0.29, 0.717) is 0 Å². The molecule has 1 heterocycles. The topological polar surface area (TPSA) is 35.2 Å². The Kier molecular flexibility index (Phi) is 3.97. The number of thiophene rings is 1. The van der Waals surface area contributed by atoms with Crippen molar-refractivity contribution in [3.8, 4) is 5.75 Å². The van der Waals surface area contributed by atoms with E-state index in [1.54, 1.807) is 18.4 Å². The van der Waals surface area contributed by atoms with Gasteiger partial charge in [0.15, 0.2) is 0 Å². The molecule has 0 bridgehead atoms. The molecule has 3 heteroatoms. The minimum Gasteiger partial charge on any atom is -0.496 e. The molecule has 0 aliphatic heterocycles. The second kappa shape index (κ2) is 5.35. The van der Waals surface area contributed by atoms with Crippen molar-refractivity contribution in [1.82, 2.24) is 0 Å². The fraction of sp³-hybridized carbons (Fsp3) is 0.375. The molecule has 0 radical (unpaired) electrons. The fourth-order valence-electron chi connectivity index (χ4n) is 2.24. The van der Waals surface area contributed by atoms with E-state index in [4.69, 9.17) is 10.5 Å². The number of hydrogen-bond acceptors (Lipinski definition) is 3. The predicted molar refractivity (Wildman–Crippen MR) is 82.3 cm³/mol. The van der Waals surface area contributed by atoms with Crippen LogP contribution in [0.15, 0.2) is 18.2 Å². The molecule has 1 unspecified atom stereocenters. The van der Waals surface area contributed by atoms with Crippen LogP contribution in [-0.4, -0.2) is 7.11 Å². The molecule has 0 fully saturated rings. The second-order valence-electron chi connectivity index (χ2n) is 5.00. The molecule has 0 spiro atoms. The molecule has 0 amide bonds. The molecule has 1 atom stereocenters. The minimum atomic E-state index is -0.119. The molecule has 2 nitrogen and oxygen atoms in total. The number of aryl methyl sites for hydroxylation is 3. The maximum absolute atomic E-state index is 6.42. The van der Waals surface area contributed by atoms with E-state index in [-0.39, 0.29) is 6.04 Å². The van der Waals surface area contributed by atoms with Crippen LogP contribution in [0.2, 0.25) is 0 Å². The van der Waals surface area contributed by atoms with Crippen molar-refractivity contribution in [1.29, 1.82) is 0 Å². The van der Waals surface area contributed by atoms with Crippen LogP contribution in [0.1, 0.15) is 38.0 Å². The number of hydrogen-bond donors (Lipinski definition) is 1. The highest BCUT2D eigenvalue weighted by Crippen LogP contribution is 2.36. The highest BCUT2D eigenvalue weighted by molar-refractivity contribution is 7.12. The number of methoxy groups -OCH3 is 1. The summed E-state index contributed by atoms with van der Waals surface area (Å²) in [5.74, 6) is 0.913. The zero-order valence-corrected chi connectivity index (χ0v) is 13.0. The third-order valence-corrected chi connectivity index (χ3v) is 4.97. The zero-order valence-electron chi connectivity index (χ0n) is 12.2. The van der Waals surface area contributed by atoms with E-state index >= 15 is 0 Å². The van der Waals surface area contributed by atoms with Crippen LogP contribution in [0.5, 0.6) is 5.75 Å². The van der Waals surface area contributed by atoms with E-state index in [9.17, 15) is 0 Å². The quantitative estimate of drug-likeness (QED) is 0.917. The van der Waals surface area contributed by atoms with Crippen molar-refractivity contribution in [2.45, 2.75) is 33.7 Å². The summed E-state index contributed by atoms with van der Waals surface area (Å²) in [5, 5.41) is 0. The van der Waals surface area contributed by atoms with Gasteiger partial charge in [-0.3, -0.25) is 0 Å². The van der Waals surface area contributed by atoms with Gasteiger partial charge in [-0.15, -0.1) is 11.3 Å². The summed E-state index contributed by atoms with van der Waals surface area (Å²) < 4.78 is 5.56. The van der Waals surface area contributed by atoms with Crippen molar-refractivity contribution in [2.24, 2.45) is 5.73 Å². The summed E-state index contributed by atoms with van der Waals surface area (Å²) in [6, 6.07) is 6.25. The van der Waals surface area contributed by atoms with Gasteiger partial charge in [0.05, 0.1) is 13.2 Å². The number of benzene rings is 1. The summed E-state index contributed by atoms with van der Waals surface area (Å²) in [6.45, 7) is 8.43. The standard InChI is InChI=1S/C16H21NOS/c1-9-6-7-13(16(18-5)11(9)3)15(17)14-8-10(2)12(4)19-14/h6-8,15H,17H2,1-5H3. The van der Waals surface area contributed by atoms with E-state index in [1.165, 1.54) is 26.4 Å². The van der Waals surface area contributed by atoms with Gasteiger partial charge >= 0.3 is 0 Å². The van der Waals surface area contributed by atoms with Gasteiger partial charge < -0.3 is 10.5 Å². The summed E-state index contributed by atoms with van der Waals surface area (Å²) >= 11 is 1.77. The molecule has 2 aromatic rings. The molecule has 1 aromatic heterocycles. The number of rotatable bonds is 3. The van der Waals surface area contributed by atoms with Crippen molar-refractivity contribution in [3.63, 3.8) is 0 Å². The van der Waals surface area contributed by atoms with Crippen LogP contribution < -0.4 is 10.5 Å². The average molecular weight is 275 g/mol. The van der Waals surface area contributed by atoms with Gasteiger partial charge in [0, 0.05) is 15.3 Å². The lowest BCUT2D eigenvalue weighted by molar-refractivity contribution is 0.404. The van der Waals surface area contributed by atoms with Crippen LogP contribution in [-0.2, 0) is 0 Å². The molecule has 0 aliphatic rings. The molecular weight excluding hydrogens is 254 g/mol. The first-order valence-corrected chi connectivity index (χ1v) is 7.24. The lowest BCUT2D eigenvalue weighted by atomic mass is 9.98. The average Bonchev–Trinajstić information content (AvgIpc) is 2.72. The third-order valence-electron chi connectivity index (χ3n) is 3.74. The normalized spacial score (nSPS) is 12.5. The van der Waals surface area contributed by atoms with Crippen LogP contribution in [0, 0.1) is 27.7 Å². The third kappa shape index (κ3) is 2.53. The van der Waals surface area contributed by atoms with E-state index in [0.717, 1.165) is 11.3 Å². The fourth-order valence-corrected chi connectivity index (χ4v) is 3.30. The first-order valence-electron chi connectivity index (χ1n) is 6.42. The van der Waals surface area contributed by atoms with Crippen molar-refractivity contribution in [2.75, 3.05) is 7.11 Å². The summed E-state index contributed by atoms with van der Waals surface area (Å²) in [7, 11) is 1.71. The monoisotopic (exact) mass is 275 g/mol. The van der Waals surface area contributed by atoms with Crippen molar-refractivity contribution in [3.05, 3.63) is 50.2 Å². The van der Waals surface area contributed by atoms with Gasteiger partial charge in [0.25, 0.3) is 0 Å². The summed E-state index contributed by atoms with van der Waals surface area (Å²) in [6.07, 6.45) is 0. The van der Waals surface area contributed by atoms with Gasteiger partial charge in [-0.2, -0.15) is 0 Å². The van der Waals surface area contributed by atoms with Gasteiger partial charge in [-0.1, -0.05) is 12.1 Å². The Morgan fingerprint density at radius 3 is 2.32 bits per heavy atom. The van der Waals surface area contributed by atoms with Gasteiger partial charge in [-0.25, -0.2) is 0 Å². The van der Waals surface area contributed by atoms with E-state index < -0.39 is 0 Å². The number of nitrogens with two attached hydrogens (primary N) is 1. The van der Waals surface area contributed by atoms with Crippen molar-refractivity contribution >= 4 is 11.3 Å². The second-order valence-corrected chi connectivity index (χ2v) is 6.28. The summed E-state index contributed by atoms with van der Waals surface area (Å²) in [4.78, 5) is 2.52. The largest absolute Gasteiger partial charge is 0.496 e. The Bertz CT molecular complexity index is 582. The molecular formula is C16H21NOS. The maximum Gasteiger partial charge on any atom is 0.127 e.